The van der Waals surface area contributed by atoms with Crippen LogP contribution in [0, 0.1) is 0 Å². The number of carbonyl (C=O) groups is 2. The highest BCUT2D eigenvalue weighted by Gasteiger charge is 2.20. The van der Waals surface area contributed by atoms with Gasteiger partial charge in [0.2, 0.25) is 0 Å². The van der Waals surface area contributed by atoms with Gasteiger partial charge in [-0.25, -0.2) is 0 Å². The molecule has 4 nitrogen and oxygen atoms in total. The van der Waals surface area contributed by atoms with E-state index >= 15 is 0 Å². The van der Waals surface area contributed by atoms with Gasteiger partial charge >= 0.3 is 5.97 Å². The Bertz CT molecular complexity index is 577. The number of ether oxygens (including phenoxy) is 1. The third-order valence-electron chi connectivity index (χ3n) is 4.53. The van der Waals surface area contributed by atoms with Crippen molar-refractivity contribution in [3.63, 3.8) is 0 Å². The lowest BCUT2D eigenvalue weighted by molar-refractivity contribution is -0.137. The van der Waals surface area contributed by atoms with Gasteiger partial charge in [0.05, 0.1) is 6.61 Å². The van der Waals surface area contributed by atoms with Crippen LogP contribution in [0.25, 0.3) is 0 Å². The normalized spacial score (nSPS) is 13.6. The van der Waals surface area contributed by atoms with E-state index in [0.29, 0.717) is 19.4 Å². The van der Waals surface area contributed by atoms with E-state index in [9.17, 15) is 9.59 Å². The van der Waals surface area contributed by atoms with Gasteiger partial charge in [-0.3, -0.25) is 9.59 Å². The van der Waals surface area contributed by atoms with Crippen LogP contribution < -0.4 is 4.74 Å². The van der Waals surface area contributed by atoms with Crippen molar-refractivity contribution < 1.29 is 19.4 Å². The van der Waals surface area contributed by atoms with Crippen LogP contribution in [0.2, 0.25) is 0 Å². The molecule has 0 amide bonds. The molecular weight excluding hydrogens is 304 g/mol. The van der Waals surface area contributed by atoms with E-state index in [0.717, 1.165) is 48.1 Å². The van der Waals surface area contributed by atoms with Gasteiger partial charge in [0.15, 0.2) is 5.78 Å². The summed E-state index contributed by atoms with van der Waals surface area (Å²) in [6.45, 7) is 2.57. The molecule has 1 aliphatic rings. The molecule has 0 heterocycles. The Morgan fingerprint density at radius 1 is 1.17 bits per heavy atom. The number of fused-ring (bicyclic) bond motifs is 1. The fourth-order valence-electron chi connectivity index (χ4n) is 3.19. The second kappa shape index (κ2) is 9.45. The minimum atomic E-state index is -0.806. The van der Waals surface area contributed by atoms with Crippen LogP contribution in [0.15, 0.2) is 12.1 Å². The molecule has 0 bridgehead atoms. The SMILES string of the molecule is CCCCCCc1cc2c(cc1OCCCC(=O)O)C(=O)CCC2. The molecule has 1 aromatic rings. The van der Waals surface area contributed by atoms with Crippen molar-refractivity contribution in [2.45, 2.75) is 71.1 Å². The topological polar surface area (TPSA) is 63.6 Å². The summed E-state index contributed by atoms with van der Waals surface area (Å²) in [6, 6.07) is 4.04. The van der Waals surface area contributed by atoms with E-state index in [4.69, 9.17) is 9.84 Å². The van der Waals surface area contributed by atoms with Crippen molar-refractivity contribution in [2.75, 3.05) is 6.61 Å². The number of hydrogen-bond donors (Lipinski definition) is 1. The van der Waals surface area contributed by atoms with Gasteiger partial charge < -0.3 is 9.84 Å². The van der Waals surface area contributed by atoms with E-state index in [1.807, 2.05) is 6.07 Å². The van der Waals surface area contributed by atoms with Crippen LogP contribution in [0.5, 0.6) is 5.75 Å². The third kappa shape index (κ3) is 5.36. The third-order valence-corrected chi connectivity index (χ3v) is 4.53. The molecule has 2 rings (SSSR count). The first-order chi connectivity index (χ1) is 11.6. The average Bonchev–Trinajstić information content (AvgIpc) is 2.56. The molecule has 132 valence electrons. The summed E-state index contributed by atoms with van der Waals surface area (Å²) in [6.07, 6.45) is 8.80. The minimum Gasteiger partial charge on any atom is -0.493 e. The summed E-state index contributed by atoms with van der Waals surface area (Å²) in [4.78, 5) is 22.7. The zero-order valence-electron chi connectivity index (χ0n) is 14.6. The molecule has 1 aliphatic carbocycles. The molecule has 0 saturated heterocycles. The first-order valence-corrected chi connectivity index (χ1v) is 9.15. The lowest BCUT2D eigenvalue weighted by Gasteiger charge is -2.19. The highest BCUT2D eigenvalue weighted by Crippen LogP contribution is 2.30. The van der Waals surface area contributed by atoms with Crippen molar-refractivity contribution in [1.82, 2.24) is 0 Å². The van der Waals surface area contributed by atoms with E-state index in [1.54, 1.807) is 0 Å². The maximum absolute atomic E-state index is 12.1. The zero-order valence-corrected chi connectivity index (χ0v) is 14.6. The number of carboxylic acid groups (broad SMARTS) is 1. The Balaban J connectivity index is 2.09. The predicted molar refractivity (Wildman–Crippen MR) is 93.9 cm³/mol. The maximum Gasteiger partial charge on any atom is 0.303 e. The lowest BCUT2D eigenvalue weighted by Crippen LogP contribution is -2.13. The molecule has 0 atom stereocenters. The molecule has 0 radical (unpaired) electrons. The fraction of sp³-hybridized carbons (Fsp3) is 0.600. The second-order valence-corrected chi connectivity index (χ2v) is 6.55. The molecule has 24 heavy (non-hydrogen) atoms. The van der Waals surface area contributed by atoms with E-state index in [-0.39, 0.29) is 12.2 Å². The van der Waals surface area contributed by atoms with Gasteiger partial charge in [-0.2, -0.15) is 0 Å². The number of carboxylic acids is 1. The van der Waals surface area contributed by atoms with Gasteiger partial charge in [0.25, 0.3) is 0 Å². The summed E-state index contributed by atoms with van der Waals surface area (Å²) in [5, 5.41) is 8.72. The molecule has 0 saturated carbocycles. The predicted octanol–water partition coefficient (Wildman–Crippen LogP) is 4.57. The highest BCUT2D eigenvalue weighted by atomic mass is 16.5. The van der Waals surface area contributed by atoms with Crippen LogP contribution in [-0.4, -0.2) is 23.5 Å². The highest BCUT2D eigenvalue weighted by molar-refractivity contribution is 5.99. The molecule has 4 heteroatoms. The summed E-state index contributed by atoms with van der Waals surface area (Å²) in [5.41, 5.74) is 3.11. The zero-order chi connectivity index (χ0) is 17.4. The van der Waals surface area contributed by atoms with E-state index in [2.05, 4.69) is 13.0 Å². The van der Waals surface area contributed by atoms with Crippen molar-refractivity contribution in [1.29, 1.82) is 0 Å². The van der Waals surface area contributed by atoms with Crippen molar-refractivity contribution in [3.8, 4) is 5.75 Å². The lowest BCUT2D eigenvalue weighted by atomic mass is 9.88. The Hall–Kier alpha value is -1.84. The van der Waals surface area contributed by atoms with Crippen LogP contribution in [0.4, 0.5) is 0 Å². The number of Topliss-reactive ketones (excluding diaryl/α,β-unsaturated/α-hetero) is 1. The van der Waals surface area contributed by atoms with E-state index in [1.165, 1.54) is 19.3 Å². The Labute approximate surface area is 144 Å². The van der Waals surface area contributed by atoms with Crippen molar-refractivity contribution in [3.05, 3.63) is 28.8 Å². The molecule has 0 aromatic heterocycles. The second-order valence-electron chi connectivity index (χ2n) is 6.55. The number of carbonyl (C=O) groups excluding carboxylic acids is 1. The quantitative estimate of drug-likeness (QED) is 0.637. The summed E-state index contributed by atoms with van der Waals surface area (Å²) >= 11 is 0. The van der Waals surface area contributed by atoms with Crippen LogP contribution in [0.1, 0.15) is 79.8 Å². The number of aryl methyl sites for hydroxylation is 2. The average molecular weight is 332 g/mol. The molecule has 1 N–H and O–H groups in total. The first kappa shape index (κ1) is 18.5. The Morgan fingerprint density at radius 3 is 2.75 bits per heavy atom. The van der Waals surface area contributed by atoms with Gasteiger partial charge in [-0.1, -0.05) is 32.3 Å². The molecule has 0 spiro atoms. The molecular formula is C20H28O4. The fourth-order valence-corrected chi connectivity index (χ4v) is 3.19. The standard InChI is InChI=1S/C20H28O4/c1-2-3-4-5-8-16-13-15-9-6-10-18(21)17(15)14-19(16)24-12-7-11-20(22)23/h13-14H,2-12H2,1H3,(H,22,23). The molecule has 0 unspecified atom stereocenters. The maximum atomic E-state index is 12.1. The number of aliphatic carboxylic acids is 1. The van der Waals surface area contributed by atoms with Crippen LogP contribution in [-0.2, 0) is 17.6 Å². The number of unbranched alkanes of at least 4 members (excludes halogenated alkanes) is 3. The summed E-state index contributed by atoms with van der Waals surface area (Å²) in [5.74, 6) is 0.161. The van der Waals surface area contributed by atoms with Gasteiger partial charge in [0.1, 0.15) is 5.75 Å². The van der Waals surface area contributed by atoms with Crippen LogP contribution in [0.3, 0.4) is 0 Å². The number of hydrogen-bond acceptors (Lipinski definition) is 3. The monoisotopic (exact) mass is 332 g/mol. The largest absolute Gasteiger partial charge is 0.493 e. The number of ketones is 1. The van der Waals surface area contributed by atoms with Crippen molar-refractivity contribution >= 4 is 11.8 Å². The summed E-state index contributed by atoms with van der Waals surface area (Å²) < 4.78 is 5.84. The first-order valence-electron chi connectivity index (χ1n) is 9.15. The van der Waals surface area contributed by atoms with Crippen LogP contribution >= 0.6 is 0 Å². The number of rotatable bonds is 10. The Morgan fingerprint density at radius 2 is 2.00 bits per heavy atom. The smallest absolute Gasteiger partial charge is 0.303 e. The van der Waals surface area contributed by atoms with Gasteiger partial charge in [-0.15, -0.1) is 0 Å². The molecule has 0 aliphatic heterocycles. The number of benzene rings is 1. The van der Waals surface area contributed by atoms with Gasteiger partial charge in [0, 0.05) is 18.4 Å². The molecule has 0 fully saturated rings. The summed E-state index contributed by atoms with van der Waals surface area (Å²) in [7, 11) is 0. The van der Waals surface area contributed by atoms with Crippen molar-refractivity contribution in [2.24, 2.45) is 0 Å². The minimum absolute atomic E-state index is 0.107. The van der Waals surface area contributed by atoms with E-state index < -0.39 is 5.97 Å². The Kier molecular flexibility index (Phi) is 7.29. The van der Waals surface area contributed by atoms with Gasteiger partial charge in [-0.05, 0) is 49.3 Å². The molecule has 1 aromatic carbocycles.